The number of fused-ring (bicyclic) bond motifs is 1. The molecule has 2 heterocycles. The smallest absolute Gasteiger partial charge is 0.284 e. The summed E-state index contributed by atoms with van der Waals surface area (Å²) in [5.41, 5.74) is 3.36. The third-order valence-electron chi connectivity index (χ3n) is 5.36. The van der Waals surface area contributed by atoms with E-state index in [4.69, 9.17) is 0 Å². The van der Waals surface area contributed by atoms with Crippen LogP contribution in [0, 0.1) is 13.8 Å². The standard InChI is InChI=1S/C23H24N4O3S/c1-15-9-10-17-13-20(16(2)24-21(17)12-15)23(28)25-18-6-4-7-19(14-18)31(29,30)26-22-8-5-11-27(22)3/h4,6-7,9-10,12-14H,5,8,11H2,1-3H3,(H,25,28)/b26-22+. The number of hydrogen-bond acceptors (Lipinski definition) is 4. The monoisotopic (exact) mass is 436 g/mol. The molecule has 0 unspecified atom stereocenters. The van der Waals surface area contributed by atoms with Crippen molar-refractivity contribution in [3.05, 3.63) is 65.4 Å². The van der Waals surface area contributed by atoms with Gasteiger partial charge in [-0.15, -0.1) is 4.40 Å². The number of pyridine rings is 1. The number of carbonyl (C=O) groups excluding carboxylic acids is 1. The first-order valence-electron chi connectivity index (χ1n) is 10.1. The molecular formula is C23H24N4O3S. The summed E-state index contributed by atoms with van der Waals surface area (Å²) in [4.78, 5) is 19.3. The van der Waals surface area contributed by atoms with Gasteiger partial charge in [-0.25, -0.2) is 0 Å². The molecule has 1 N–H and O–H groups in total. The van der Waals surface area contributed by atoms with E-state index >= 15 is 0 Å². The highest BCUT2D eigenvalue weighted by Gasteiger charge is 2.21. The van der Waals surface area contributed by atoms with E-state index < -0.39 is 10.0 Å². The van der Waals surface area contributed by atoms with Gasteiger partial charge >= 0.3 is 0 Å². The molecule has 160 valence electrons. The SMILES string of the molecule is Cc1ccc2cc(C(=O)Nc3cccc(S(=O)(=O)/N=C4\CCCN4C)c3)c(C)nc2c1. The van der Waals surface area contributed by atoms with E-state index in [2.05, 4.69) is 14.7 Å². The molecule has 7 nitrogen and oxygen atoms in total. The number of hydrogen-bond donors (Lipinski definition) is 1. The van der Waals surface area contributed by atoms with Gasteiger partial charge in [-0.1, -0.05) is 18.2 Å². The van der Waals surface area contributed by atoms with Crippen molar-refractivity contribution in [1.82, 2.24) is 9.88 Å². The summed E-state index contributed by atoms with van der Waals surface area (Å²) in [7, 11) is -2.03. The van der Waals surface area contributed by atoms with E-state index in [0.717, 1.165) is 29.4 Å². The van der Waals surface area contributed by atoms with Crippen molar-refractivity contribution >= 4 is 38.4 Å². The van der Waals surface area contributed by atoms with Crippen LogP contribution in [0.3, 0.4) is 0 Å². The van der Waals surface area contributed by atoms with Crippen LogP contribution in [-0.2, 0) is 10.0 Å². The lowest BCUT2D eigenvalue weighted by Gasteiger charge is -2.12. The predicted octanol–water partition coefficient (Wildman–Crippen LogP) is 3.92. The van der Waals surface area contributed by atoms with Crippen LogP contribution in [0.2, 0.25) is 0 Å². The number of nitrogens with zero attached hydrogens (tertiary/aromatic N) is 3. The Morgan fingerprint density at radius 1 is 1.13 bits per heavy atom. The fourth-order valence-corrected chi connectivity index (χ4v) is 4.78. The second-order valence-corrected chi connectivity index (χ2v) is 9.41. The zero-order valence-corrected chi connectivity index (χ0v) is 18.5. The lowest BCUT2D eigenvalue weighted by molar-refractivity contribution is 0.102. The number of aromatic nitrogens is 1. The minimum absolute atomic E-state index is 0.0435. The zero-order valence-electron chi connectivity index (χ0n) is 17.7. The highest BCUT2D eigenvalue weighted by atomic mass is 32.2. The zero-order chi connectivity index (χ0) is 22.2. The molecule has 8 heteroatoms. The average molecular weight is 437 g/mol. The Kier molecular flexibility index (Phi) is 5.49. The normalized spacial score (nSPS) is 15.6. The fourth-order valence-electron chi connectivity index (χ4n) is 3.64. The first-order valence-corrected chi connectivity index (χ1v) is 11.5. The minimum Gasteiger partial charge on any atom is -0.362 e. The van der Waals surface area contributed by atoms with Crippen molar-refractivity contribution in [3.8, 4) is 0 Å². The van der Waals surface area contributed by atoms with Gasteiger partial charge in [0.15, 0.2) is 0 Å². The van der Waals surface area contributed by atoms with Crippen molar-refractivity contribution in [2.45, 2.75) is 31.6 Å². The molecule has 0 aliphatic carbocycles. The maximum atomic E-state index is 12.9. The largest absolute Gasteiger partial charge is 0.362 e. The summed E-state index contributed by atoms with van der Waals surface area (Å²) in [5.74, 6) is 0.214. The molecule has 1 aliphatic heterocycles. The van der Waals surface area contributed by atoms with Crippen LogP contribution in [0.1, 0.15) is 34.5 Å². The van der Waals surface area contributed by atoms with Crippen LogP contribution in [-0.4, -0.2) is 43.6 Å². The van der Waals surface area contributed by atoms with Gasteiger partial charge in [-0.2, -0.15) is 8.42 Å². The van der Waals surface area contributed by atoms with Crippen LogP contribution >= 0.6 is 0 Å². The molecule has 4 rings (SSSR count). The van der Waals surface area contributed by atoms with Crippen molar-refractivity contribution in [2.24, 2.45) is 4.40 Å². The Bertz CT molecular complexity index is 1320. The molecule has 1 aromatic heterocycles. The van der Waals surface area contributed by atoms with Gasteiger partial charge < -0.3 is 10.2 Å². The van der Waals surface area contributed by atoms with E-state index in [9.17, 15) is 13.2 Å². The Balaban J connectivity index is 1.61. The third-order valence-corrected chi connectivity index (χ3v) is 6.66. The number of sulfonamides is 1. The number of rotatable bonds is 4. The van der Waals surface area contributed by atoms with Crippen molar-refractivity contribution < 1.29 is 13.2 Å². The van der Waals surface area contributed by atoms with E-state index in [1.54, 1.807) is 25.1 Å². The van der Waals surface area contributed by atoms with Crippen molar-refractivity contribution in [3.63, 3.8) is 0 Å². The van der Waals surface area contributed by atoms with Crippen molar-refractivity contribution in [1.29, 1.82) is 0 Å². The number of benzene rings is 2. The number of carbonyl (C=O) groups is 1. The van der Waals surface area contributed by atoms with Crippen molar-refractivity contribution in [2.75, 3.05) is 18.9 Å². The van der Waals surface area contributed by atoms with Gasteiger partial charge in [-0.3, -0.25) is 9.78 Å². The number of amidine groups is 1. The van der Waals surface area contributed by atoms with Gasteiger partial charge in [0.25, 0.3) is 15.9 Å². The second-order valence-electron chi connectivity index (χ2n) is 7.81. The molecule has 31 heavy (non-hydrogen) atoms. The van der Waals surface area contributed by atoms with E-state index in [1.807, 2.05) is 37.1 Å². The first kappa shape index (κ1) is 21.0. The van der Waals surface area contributed by atoms with Gasteiger partial charge in [0.1, 0.15) is 5.84 Å². The summed E-state index contributed by atoms with van der Waals surface area (Å²) in [6.45, 7) is 4.57. The lowest BCUT2D eigenvalue weighted by Crippen LogP contribution is -2.20. The molecular weight excluding hydrogens is 412 g/mol. The van der Waals surface area contributed by atoms with E-state index in [1.165, 1.54) is 12.1 Å². The lowest BCUT2D eigenvalue weighted by atomic mass is 10.1. The molecule has 2 aromatic carbocycles. The van der Waals surface area contributed by atoms with Gasteiger partial charge in [-0.05, 0) is 56.2 Å². The molecule has 0 saturated carbocycles. The number of likely N-dealkylation sites (tertiary alicyclic amines) is 1. The number of nitrogens with one attached hydrogen (secondary N) is 1. The fraction of sp³-hybridized carbons (Fsp3) is 0.261. The molecule has 1 aliphatic rings. The minimum atomic E-state index is -3.86. The van der Waals surface area contributed by atoms with E-state index in [0.29, 0.717) is 29.2 Å². The number of anilines is 1. The quantitative estimate of drug-likeness (QED) is 0.669. The summed E-state index contributed by atoms with van der Waals surface area (Å²) >= 11 is 0. The summed E-state index contributed by atoms with van der Waals surface area (Å²) in [6.07, 6.45) is 1.53. The van der Waals surface area contributed by atoms with Crippen LogP contribution < -0.4 is 5.32 Å². The van der Waals surface area contributed by atoms with Crippen LogP contribution in [0.4, 0.5) is 5.69 Å². The number of aryl methyl sites for hydroxylation is 2. The summed E-state index contributed by atoms with van der Waals surface area (Å²) in [6, 6.07) is 13.8. The predicted molar refractivity (Wildman–Crippen MR) is 122 cm³/mol. The number of amides is 1. The first-order chi connectivity index (χ1) is 14.7. The molecule has 0 bridgehead atoms. The second kappa shape index (κ2) is 8.11. The molecule has 0 radical (unpaired) electrons. The van der Waals surface area contributed by atoms with Gasteiger partial charge in [0.2, 0.25) is 0 Å². The summed E-state index contributed by atoms with van der Waals surface area (Å²) < 4.78 is 29.5. The van der Waals surface area contributed by atoms with Gasteiger partial charge in [0.05, 0.1) is 21.7 Å². The highest BCUT2D eigenvalue weighted by Crippen LogP contribution is 2.22. The average Bonchev–Trinajstić information content (AvgIpc) is 3.11. The summed E-state index contributed by atoms with van der Waals surface area (Å²) in [5, 5.41) is 3.66. The maximum absolute atomic E-state index is 12.9. The van der Waals surface area contributed by atoms with Crippen LogP contribution in [0.5, 0.6) is 0 Å². The molecule has 1 saturated heterocycles. The third kappa shape index (κ3) is 4.44. The highest BCUT2D eigenvalue weighted by molar-refractivity contribution is 7.90. The Morgan fingerprint density at radius 3 is 2.68 bits per heavy atom. The molecule has 3 aromatic rings. The van der Waals surface area contributed by atoms with Crippen LogP contribution in [0.15, 0.2) is 57.8 Å². The van der Waals surface area contributed by atoms with E-state index in [-0.39, 0.29) is 10.8 Å². The molecule has 1 amide bonds. The topological polar surface area (TPSA) is 91.7 Å². The Morgan fingerprint density at radius 2 is 1.94 bits per heavy atom. The Labute approximate surface area is 181 Å². The molecule has 1 fully saturated rings. The van der Waals surface area contributed by atoms with Gasteiger partial charge in [0, 0.05) is 31.1 Å². The molecule has 0 atom stereocenters. The van der Waals surface area contributed by atoms with Crippen LogP contribution in [0.25, 0.3) is 10.9 Å². The maximum Gasteiger partial charge on any atom is 0.284 e. The molecule has 0 spiro atoms. The Hall–Kier alpha value is -3.26.